The lowest BCUT2D eigenvalue weighted by molar-refractivity contribution is -0.133. The highest BCUT2D eigenvalue weighted by Gasteiger charge is 2.26. The Kier molecular flexibility index (Phi) is 14.3. The van der Waals surface area contributed by atoms with Crippen molar-refractivity contribution in [3.63, 3.8) is 0 Å². The summed E-state index contributed by atoms with van der Waals surface area (Å²) in [6.45, 7) is 7.80. The predicted octanol–water partition coefficient (Wildman–Crippen LogP) is 6.43. The van der Waals surface area contributed by atoms with Crippen molar-refractivity contribution in [2.75, 3.05) is 38.6 Å². The number of nitrogens with zero attached hydrogens (tertiary/aromatic N) is 3. The predicted molar refractivity (Wildman–Crippen MR) is 178 cm³/mol. The van der Waals surface area contributed by atoms with Gasteiger partial charge < -0.3 is 19.8 Å². The van der Waals surface area contributed by atoms with Crippen LogP contribution in [0.5, 0.6) is 0 Å². The van der Waals surface area contributed by atoms with E-state index in [2.05, 4.69) is 10.3 Å². The van der Waals surface area contributed by atoms with Crippen molar-refractivity contribution in [1.82, 2.24) is 14.8 Å². The molecule has 0 saturated carbocycles. The van der Waals surface area contributed by atoms with Crippen LogP contribution in [-0.4, -0.2) is 87.5 Å². The topological polar surface area (TPSA) is 115 Å². The smallest absolute Gasteiger partial charge is 0.412 e. The third-order valence-electron chi connectivity index (χ3n) is 7.13. The number of anilines is 1. The number of nitrogens with one attached hydrogen (secondary N) is 1. The van der Waals surface area contributed by atoms with E-state index >= 15 is 0 Å². The van der Waals surface area contributed by atoms with Gasteiger partial charge in [0.1, 0.15) is 24.1 Å². The van der Waals surface area contributed by atoms with Gasteiger partial charge in [0.25, 0.3) is 0 Å². The van der Waals surface area contributed by atoms with Crippen LogP contribution in [0.3, 0.4) is 0 Å². The van der Waals surface area contributed by atoms with E-state index < -0.39 is 35.0 Å². The molecule has 3 N–H and O–H groups in total. The van der Waals surface area contributed by atoms with E-state index in [1.54, 1.807) is 46.9 Å². The Morgan fingerprint density at radius 2 is 1.72 bits per heavy atom. The van der Waals surface area contributed by atoms with E-state index in [0.29, 0.717) is 48.8 Å². The fourth-order valence-corrected chi connectivity index (χ4v) is 5.32. The highest BCUT2D eigenvalue weighted by molar-refractivity contribution is 6.31. The van der Waals surface area contributed by atoms with E-state index in [-0.39, 0.29) is 43.6 Å². The number of ether oxygens (including phenoxy) is 1. The van der Waals surface area contributed by atoms with Gasteiger partial charge in [0.05, 0.1) is 22.3 Å². The van der Waals surface area contributed by atoms with Gasteiger partial charge in [-0.2, -0.15) is 0 Å². The number of amides is 2. The van der Waals surface area contributed by atoms with E-state index in [1.165, 1.54) is 41.4 Å². The number of likely N-dealkylation sites (N-methyl/N-ethyl adjacent to an activating group) is 1. The fourth-order valence-electron chi connectivity index (χ4n) is 5.10. The molecule has 0 saturated heterocycles. The summed E-state index contributed by atoms with van der Waals surface area (Å²) in [5, 5.41) is 24.6. The summed E-state index contributed by atoms with van der Waals surface area (Å²) in [5.41, 5.74) is -1.46. The Bertz CT molecular complexity index is 1450. The van der Waals surface area contributed by atoms with E-state index in [4.69, 9.17) is 16.3 Å². The number of hydrogen-bond donors (Lipinski definition) is 3. The molecular formula is C34H47ClF2N4O5. The minimum atomic E-state index is -0.987. The second-order valence-electron chi connectivity index (χ2n) is 12.6. The van der Waals surface area contributed by atoms with Gasteiger partial charge in [0.15, 0.2) is 0 Å². The zero-order chi connectivity index (χ0) is 33.4. The number of aryl methyl sites for hydroxylation is 1. The average molecular weight is 665 g/mol. The first-order valence-electron chi connectivity index (χ1n) is 14.9. The van der Waals surface area contributed by atoms with E-state index in [1.807, 2.05) is 4.90 Å². The van der Waals surface area contributed by atoms with Crippen molar-refractivity contribution in [1.29, 1.82) is 0 Å². The number of halogens is 3. The maximum absolute atomic E-state index is 13.9. The van der Waals surface area contributed by atoms with E-state index in [0.717, 1.165) is 0 Å². The standard InChI is InChI=1S/C33H43ClF2N4O5.CH4/c1-32(2,43)20-40(21-33(3,4)44)15-7-9-26(39(5)29(41)14-12-22-8-6-10-27(36)30(22)34)19-45-31(42)38-28-17-24-16-25(35)13-11-23(24)18-37-28;/h6,8,10-11,13,16-18,26,43-44H,7,9,12,14-15,19-21H2,1-5H3,(H,37,38,42);1H4/t26-;/m0./s1. The minimum Gasteiger partial charge on any atom is -0.447 e. The molecular weight excluding hydrogens is 618 g/mol. The highest BCUT2D eigenvalue weighted by atomic mass is 35.5. The first-order valence-corrected chi connectivity index (χ1v) is 15.2. The van der Waals surface area contributed by atoms with Crippen molar-refractivity contribution in [3.05, 3.63) is 70.9 Å². The molecule has 0 aliphatic carbocycles. The van der Waals surface area contributed by atoms with Crippen molar-refractivity contribution in [2.24, 2.45) is 0 Å². The lowest BCUT2D eigenvalue weighted by Gasteiger charge is -2.34. The summed E-state index contributed by atoms with van der Waals surface area (Å²) < 4.78 is 33.1. The van der Waals surface area contributed by atoms with Crippen LogP contribution < -0.4 is 5.32 Å². The van der Waals surface area contributed by atoms with E-state index in [9.17, 15) is 28.6 Å². The molecule has 254 valence electrons. The molecule has 1 atom stereocenters. The number of benzene rings is 2. The number of fused-ring (bicyclic) bond motifs is 1. The van der Waals surface area contributed by atoms with Crippen LogP contribution in [0.4, 0.5) is 19.4 Å². The Morgan fingerprint density at radius 1 is 1.04 bits per heavy atom. The zero-order valence-electron chi connectivity index (χ0n) is 26.4. The fraction of sp³-hybridized carbons (Fsp3) is 0.500. The number of rotatable bonds is 15. The minimum absolute atomic E-state index is 0. The molecule has 2 aromatic carbocycles. The molecule has 12 heteroatoms. The van der Waals surface area contributed by atoms with Gasteiger partial charge >= 0.3 is 6.09 Å². The molecule has 2 amide bonds. The monoisotopic (exact) mass is 664 g/mol. The molecule has 0 aliphatic rings. The van der Waals surface area contributed by atoms with Crippen molar-refractivity contribution in [2.45, 2.75) is 78.0 Å². The lowest BCUT2D eigenvalue weighted by Crippen LogP contribution is -2.46. The quantitative estimate of drug-likeness (QED) is 0.171. The van der Waals surface area contributed by atoms with Crippen molar-refractivity contribution >= 4 is 40.2 Å². The van der Waals surface area contributed by atoms with Crippen LogP contribution in [0.2, 0.25) is 5.02 Å². The molecule has 0 fully saturated rings. The molecule has 1 heterocycles. The summed E-state index contributed by atoms with van der Waals surface area (Å²) in [5.74, 6) is -1.03. The van der Waals surface area contributed by atoms with Gasteiger partial charge in [-0.3, -0.25) is 15.0 Å². The summed E-state index contributed by atoms with van der Waals surface area (Å²) >= 11 is 6.07. The average Bonchev–Trinajstić information content (AvgIpc) is 2.93. The maximum Gasteiger partial charge on any atom is 0.412 e. The number of carbonyl (C=O) groups excluding carboxylic acids is 2. The molecule has 46 heavy (non-hydrogen) atoms. The van der Waals surface area contributed by atoms with Gasteiger partial charge in [-0.05, 0) is 94.8 Å². The third-order valence-corrected chi connectivity index (χ3v) is 7.56. The Labute approximate surface area is 275 Å². The molecule has 0 bridgehead atoms. The summed E-state index contributed by atoms with van der Waals surface area (Å²) in [6, 6.07) is 9.71. The zero-order valence-corrected chi connectivity index (χ0v) is 27.2. The van der Waals surface area contributed by atoms with Crippen LogP contribution in [-0.2, 0) is 16.0 Å². The van der Waals surface area contributed by atoms with Crippen LogP contribution in [0.25, 0.3) is 10.8 Å². The lowest BCUT2D eigenvalue weighted by atomic mass is 10.0. The highest BCUT2D eigenvalue weighted by Crippen LogP contribution is 2.22. The Balaban J connectivity index is 0.00000736. The molecule has 1 aromatic heterocycles. The molecule has 0 radical (unpaired) electrons. The summed E-state index contributed by atoms with van der Waals surface area (Å²) in [6.07, 6.45) is 2.01. The number of carbonyl (C=O) groups is 2. The van der Waals surface area contributed by atoms with Crippen LogP contribution in [0, 0.1) is 11.6 Å². The molecule has 3 aromatic rings. The van der Waals surface area contributed by atoms with Crippen LogP contribution in [0.15, 0.2) is 48.7 Å². The molecule has 0 unspecified atom stereocenters. The largest absolute Gasteiger partial charge is 0.447 e. The first-order chi connectivity index (χ1) is 21.0. The summed E-state index contributed by atoms with van der Waals surface area (Å²) in [4.78, 5) is 33.6. The van der Waals surface area contributed by atoms with Gasteiger partial charge in [0.2, 0.25) is 5.91 Å². The number of aromatic nitrogens is 1. The number of pyridine rings is 1. The Morgan fingerprint density at radius 3 is 2.37 bits per heavy atom. The van der Waals surface area contributed by atoms with Gasteiger partial charge in [0, 0.05) is 38.1 Å². The van der Waals surface area contributed by atoms with Crippen molar-refractivity contribution < 1.29 is 33.3 Å². The number of aliphatic hydroxyl groups is 2. The molecule has 0 aliphatic heterocycles. The molecule has 0 spiro atoms. The molecule has 3 rings (SSSR count). The maximum atomic E-state index is 13.9. The first kappa shape index (κ1) is 38.8. The second-order valence-corrected chi connectivity index (χ2v) is 13.0. The second kappa shape index (κ2) is 17.0. The molecule has 9 nitrogen and oxygen atoms in total. The normalized spacial score (nSPS) is 12.5. The number of hydrogen-bond acceptors (Lipinski definition) is 7. The van der Waals surface area contributed by atoms with Gasteiger partial charge in [-0.15, -0.1) is 0 Å². The third kappa shape index (κ3) is 12.8. The van der Waals surface area contributed by atoms with Gasteiger partial charge in [-0.25, -0.2) is 18.6 Å². The van der Waals surface area contributed by atoms with Crippen LogP contribution in [0.1, 0.15) is 59.9 Å². The summed E-state index contributed by atoms with van der Waals surface area (Å²) in [7, 11) is 1.62. The van der Waals surface area contributed by atoms with Gasteiger partial charge in [-0.1, -0.05) is 31.2 Å². The SMILES string of the molecule is C.CN(C(=O)CCc1cccc(F)c1Cl)[C@@H](CCCN(CC(C)(C)O)CC(C)(C)O)COC(=O)Nc1cc2cc(F)ccc2cn1. The Hall–Kier alpha value is -3.38. The van der Waals surface area contributed by atoms with Crippen LogP contribution >= 0.6 is 11.6 Å². The van der Waals surface area contributed by atoms with Crippen molar-refractivity contribution in [3.8, 4) is 0 Å².